The van der Waals surface area contributed by atoms with Crippen molar-refractivity contribution < 1.29 is 19.1 Å². The molecule has 1 aromatic carbocycles. The molecule has 0 radical (unpaired) electrons. The Morgan fingerprint density at radius 2 is 1.40 bits per heavy atom. The Balaban J connectivity index is 2.69. The molecule has 1 aromatic rings. The van der Waals surface area contributed by atoms with Gasteiger partial charge in [-0.3, -0.25) is 9.59 Å². The average molecular weight is 279 g/mol. The summed E-state index contributed by atoms with van der Waals surface area (Å²) >= 11 is 0. The molecule has 0 aliphatic rings. The number of hydrogen-bond donors (Lipinski definition) is 0. The Hall–Kier alpha value is -2.04. The zero-order valence-corrected chi connectivity index (χ0v) is 12.2. The molecule has 0 atom stereocenters. The van der Waals surface area contributed by atoms with E-state index in [0.717, 1.165) is 11.3 Å². The molecule has 0 spiro atoms. The maximum absolute atomic E-state index is 11.3. The lowest BCUT2D eigenvalue weighted by Gasteiger charge is -2.24. The molecule has 20 heavy (non-hydrogen) atoms. The summed E-state index contributed by atoms with van der Waals surface area (Å²) in [6.45, 7) is 3.02. The minimum Gasteiger partial charge on any atom is -0.469 e. The first-order chi connectivity index (χ1) is 9.56. The second-order valence-electron chi connectivity index (χ2n) is 4.47. The minimum absolute atomic E-state index is 0.264. The molecule has 5 heteroatoms. The Morgan fingerprint density at radius 1 is 0.950 bits per heavy atom. The van der Waals surface area contributed by atoms with E-state index < -0.39 is 0 Å². The normalized spacial score (nSPS) is 9.95. The third-order valence-electron chi connectivity index (χ3n) is 3.03. The van der Waals surface area contributed by atoms with Gasteiger partial charge in [0.05, 0.1) is 27.1 Å². The fraction of sp³-hybridized carbons (Fsp3) is 0.467. The van der Waals surface area contributed by atoms with Crippen LogP contribution in [0.25, 0.3) is 0 Å². The van der Waals surface area contributed by atoms with E-state index in [4.69, 9.17) is 0 Å². The van der Waals surface area contributed by atoms with Crippen LogP contribution < -0.4 is 4.90 Å². The summed E-state index contributed by atoms with van der Waals surface area (Å²) in [5.74, 6) is -0.527. The first-order valence-electron chi connectivity index (χ1n) is 6.52. The van der Waals surface area contributed by atoms with Crippen LogP contribution in [0.4, 0.5) is 5.69 Å². The van der Waals surface area contributed by atoms with Gasteiger partial charge in [-0.05, 0) is 19.1 Å². The van der Waals surface area contributed by atoms with Gasteiger partial charge in [-0.15, -0.1) is 0 Å². The summed E-state index contributed by atoms with van der Waals surface area (Å²) < 4.78 is 9.29. The summed E-state index contributed by atoms with van der Waals surface area (Å²) in [5.41, 5.74) is 2.14. The third kappa shape index (κ3) is 5.30. The number of ether oxygens (including phenoxy) is 2. The van der Waals surface area contributed by atoms with Crippen molar-refractivity contribution in [3.8, 4) is 0 Å². The van der Waals surface area contributed by atoms with Crippen LogP contribution in [0.2, 0.25) is 0 Å². The van der Waals surface area contributed by atoms with Gasteiger partial charge in [0, 0.05) is 18.8 Å². The lowest BCUT2D eigenvalue weighted by Crippen LogP contribution is -2.29. The van der Waals surface area contributed by atoms with E-state index in [0.29, 0.717) is 13.1 Å². The standard InChI is InChI=1S/C15H21NO4/c1-12-4-6-13(7-5-12)16(10-8-14(17)19-2)11-9-15(18)20-3/h4-7H,8-11H2,1-3H3. The highest BCUT2D eigenvalue weighted by Crippen LogP contribution is 2.16. The van der Waals surface area contributed by atoms with E-state index in [1.165, 1.54) is 14.2 Å². The van der Waals surface area contributed by atoms with Crippen molar-refractivity contribution in [2.24, 2.45) is 0 Å². The SMILES string of the molecule is COC(=O)CCN(CCC(=O)OC)c1ccc(C)cc1. The summed E-state index contributed by atoms with van der Waals surface area (Å²) in [5, 5.41) is 0. The number of carbonyl (C=O) groups excluding carboxylic acids is 2. The molecule has 0 aliphatic carbocycles. The minimum atomic E-state index is -0.264. The molecule has 0 amide bonds. The number of carbonyl (C=O) groups is 2. The van der Waals surface area contributed by atoms with E-state index in [2.05, 4.69) is 9.47 Å². The fourth-order valence-electron chi connectivity index (χ4n) is 1.78. The quantitative estimate of drug-likeness (QED) is 0.714. The maximum Gasteiger partial charge on any atom is 0.307 e. The van der Waals surface area contributed by atoms with Gasteiger partial charge in [-0.2, -0.15) is 0 Å². The number of nitrogens with zero attached hydrogens (tertiary/aromatic N) is 1. The zero-order valence-electron chi connectivity index (χ0n) is 12.2. The van der Waals surface area contributed by atoms with Crippen LogP contribution in [-0.2, 0) is 19.1 Å². The summed E-state index contributed by atoms with van der Waals surface area (Å²) in [7, 11) is 2.74. The number of anilines is 1. The van der Waals surface area contributed by atoms with Gasteiger partial charge in [0.25, 0.3) is 0 Å². The molecule has 0 aliphatic heterocycles. The monoisotopic (exact) mass is 279 g/mol. The van der Waals surface area contributed by atoms with E-state index in [-0.39, 0.29) is 24.8 Å². The fourth-order valence-corrected chi connectivity index (χ4v) is 1.78. The van der Waals surface area contributed by atoms with E-state index in [1.54, 1.807) is 0 Å². The largest absolute Gasteiger partial charge is 0.469 e. The molecule has 1 rings (SSSR count). The number of aryl methyl sites for hydroxylation is 1. The lowest BCUT2D eigenvalue weighted by atomic mass is 10.2. The molecule has 0 heterocycles. The number of benzene rings is 1. The highest BCUT2D eigenvalue weighted by molar-refractivity contribution is 5.71. The van der Waals surface area contributed by atoms with E-state index in [1.807, 2.05) is 36.1 Å². The van der Waals surface area contributed by atoms with Crippen LogP contribution in [0.5, 0.6) is 0 Å². The second-order valence-corrected chi connectivity index (χ2v) is 4.47. The van der Waals surface area contributed by atoms with Crippen LogP contribution in [0.1, 0.15) is 18.4 Å². The molecular weight excluding hydrogens is 258 g/mol. The van der Waals surface area contributed by atoms with Crippen LogP contribution in [-0.4, -0.2) is 39.2 Å². The number of rotatable bonds is 7. The Labute approximate surface area is 119 Å². The number of esters is 2. The lowest BCUT2D eigenvalue weighted by molar-refractivity contribution is -0.140. The van der Waals surface area contributed by atoms with Gasteiger partial charge in [0.15, 0.2) is 0 Å². The van der Waals surface area contributed by atoms with Crippen molar-refractivity contribution in [3.05, 3.63) is 29.8 Å². The van der Waals surface area contributed by atoms with Crippen LogP contribution in [0.3, 0.4) is 0 Å². The Morgan fingerprint density at radius 3 is 1.80 bits per heavy atom. The molecule has 5 nitrogen and oxygen atoms in total. The van der Waals surface area contributed by atoms with Gasteiger partial charge in [-0.25, -0.2) is 0 Å². The van der Waals surface area contributed by atoms with Crippen molar-refractivity contribution in [2.75, 3.05) is 32.2 Å². The first-order valence-corrected chi connectivity index (χ1v) is 6.52. The van der Waals surface area contributed by atoms with Gasteiger partial charge < -0.3 is 14.4 Å². The van der Waals surface area contributed by atoms with Crippen LogP contribution in [0, 0.1) is 6.92 Å². The molecular formula is C15H21NO4. The van der Waals surface area contributed by atoms with Crippen LogP contribution in [0.15, 0.2) is 24.3 Å². The van der Waals surface area contributed by atoms with Crippen molar-refractivity contribution >= 4 is 17.6 Å². The van der Waals surface area contributed by atoms with E-state index in [9.17, 15) is 9.59 Å². The molecule has 0 saturated heterocycles. The zero-order chi connectivity index (χ0) is 15.0. The molecule has 0 bridgehead atoms. The first kappa shape index (κ1) is 16.0. The molecule has 0 saturated carbocycles. The predicted molar refractivity (Wildman–Crippen MR) is 76.7 cm³/mol. The highest BCUT2D eigenvalue weighted by Gasteiger charge is 2.11. The van der Waals surface area contributed by atoms with E-state index >= 15 is 0 Å². The average Bonchev–Trinajstić information content (AvgIpc) is 2.47. The van der Waals surface area contributed by atoms with Crippen molar-refractivity contribution in [1.29, 1.82) is 0 Å². The van der Waals surface area contributed by atoms with Gasteiger partial charge >= 0.3 is 11.9 Å². The van der Waals surface area contributed by atoms with Crippen molar-refractivity contribution in [2.45, 2.75) is 19.8 Å². The predicted octanol–water partition coefficient (Wildman–Crippen LogP) is 1.93. The molecule has 0 unspecified atom stereocenters. The highest BCUT2D eigenvalue weighted by atomic mass is 16.5. The molecule has 110 valence electrons. The second kappa shape index (κ2) is 8.19. The molecule has 0 fully saturated rings. The summed E-state index contributed by atoms with van der Waals surface area (Å²) in [4.78, 5) is 24.5. The summed E-state index contributed by atoms with van der Waals surface area (Å²) in [6.07, 6.45) is 0.567. The smallest absolute Gasteiger partial charge is 0.307 e. The molecule has 0 N–H and O–H groups in total. The van der Waals surface area contributed by atoms with Gasteiger partial charge in [0.2, 0.25) is 0 Å². The maximum atomic E-state index is 11.3. The Bertz CT molecular complexity index is 422. The third-order valence-corrected chi connectivity index (χ3v) is 3.03. The van der Waals surface area contributed by atoms with Crippen LogP contribution >= 0.6 is 0 Å². The summed E-state index contributed by atoms with van der Waals surface area (Å²) in [6, 6.07) is 7.95. The van der Waals surface area contributed by atoms with Crippen molar-refractivity contribution in [3.63, 3.8) is 0 Å². The number of methoxy groups -OCH3 is 2. The number of hydrogen-bond acceptors (Lipinski definition) is 5. The topological polar surface area (TPSA) is 55.8 Å². The van der Waals surface area contributed by atoms with Crippen molar-refractivity contribution in [1.82, 2.24) is 0 Å². The van der Waals surface area contributed by atoms with Gasteiger partial charge in [-0.1, -0.05) is 17.7 Å². The Kier molecular flexibility index (Phi) is 6.56. The molecule has 0 aromatic heterocycles. The van der Waals surface area contributed by atoms with Gasteiger partial charge in [0.1, 0.15) is 0 Å².